The molecule has 92 valence electrons. The SMILES string of the molecule is C=CCN1CC(C(=O)O)CN(C)CC1(C)C. The Hall–Kier alpha value is -0.870. The summed E-state index contributed by atoms with van der Waals surface area (Å²) in [6.07, 6.45) is 1.84. The molecule has 1 rings (SSSR count). The van der Waals surface area contributed by atoms with Crippen LogP contribution in [0.2, 0.25) is 0 Å². The number of aliphatic carboxylic acids is 1. The van der Waals surface area contributed by atoms with Crippen LogP contribution in [0.15, 0.2) is 12.7 Å². The van der Waals surface area contributed by atoms with Crippen LogP contribution < -0.4 is 0 Å². The van der Waals surface area contributed by atoms with Gasteiger partial charge in [0, 0.05) is 31.7 Å². The van der Waals surface area contributed by atoms with E-state index in [1.807, 2.05) is 13.1 Å². The van der Waals surface area contributed by atoms with E-state index in [9.17, 15) is 4.79 Å². The van der Waals surface area contributed by atoms with Gasteiger partial charge in [-0.15, -0.1) is 6.58 Å². The molecule has 1 aliphatic rings. The molecule has 0 radical (unpaired) electrons. The fraction of sp³-hybridized carbons (Fsp3) is 0.750. The molecule has 1 heterocycles. The van der Waals surface area contributed by atoms with Gasteiger partial charge in [0.2, 0.25) is 0 Å². The summed E-state index contributed by atoms with van der Waals surface area (Å²) in [5.74, 6) is -1.02. The monoisotopic (exact) mass is 226 g/mol. The van der Waals surface area contributed by atoms with Crippen LogP contribution in [0.4, 0.5) is 0 Å². The number of hydrogen-bond acceptors (Lipinski definition) is 3. The maximum atomic E-state index is 11.1. The second-order valence-electron chi connectivity index (χ2n) is 5.24. The Balaban J connectivity index is 2.86. The lowest BCUT2D eigenvalue weighted by Gasteiger charge is -2.37. The molecule has 1 aliphatic heterocycles. The zero-order valence-electron chi connectivity index (χ0n) is 10.4. The van der Waals surface area contributed by atoms with E-state index >= 15 is 0 Å². The lowest BCUT2D eigenvalue weighted by molar-refractivity contribution is -0.142. The number of carboxylic acid groups (broad SMARTS) is 1. The van der Waals surface area contributed by atoms with Crippen LogP contribution in [0.25, 0.3) is 0 Å². The molecule has 0 spiro atoms. The second kappa shape index (κ2) is 4.97. The summed E-state index contributed by atoms with van der Waals surface area (Å²) >= 11 is 0. The third kappa shape index (κ3) is 3.06. The van der Waals surface area contributed by atoms with E-state index in [4.69, 9.17) is 5.11 Å². The highest BCUT2D eigenvalue weighted by Crippen LogP contribution is 2.22. The van der Waals surface area contributed by atoms with Crippen molar-refractivity contribution in [3.05, 3.63) is 12.7 Å². The third-order valence-corrected chi connectivity index (χ3v) is 3.18. The molecule has 0 aromatic carbocycles. The fourth-order valence-corrected chi connectivity index (χ4v) is 2.41. The summed E-state index contributed by atoms with van der Waals surface area (Å²) in [5.41, 5.74) is -0.00681. The van der Waals surface area contributed by atoms with Crippen molar-refractivity contribution in [2.75, 3.05) is 33.2 Å². The molecule has 0 aromatic rings. The molecule has 4 heteroatoms. The first-order valence-electron chi connectivity index (χ1n) is 5.64. The van der Waals surface area contributed by atoms with Gasteiger partial charge in [-0.1, -0.05) is 6.08 Å². The smallest absolute Gasteiger partial charge is 0.309 e. The van der Waals surface area contributed by atoms with Gasteiger partial charge in [-0.3, -0.25) is 9.69 Å². The lowest BCUT2D eigenvalue weighted by Crippen LogP contribution is -2.49. The molecule has 0 saturated carbocycles. The third-order valence-electron chi connectivity index (χ3n) is 3.18. The lowest BCUT2D eigenvalue weighted by atomic mass is 10.0. The zero-order chi connectivity index (χ0) is 12.3. The Labute approximate surface area is 97.5 Å². The average molecular weight is 226 g/mol. The first-order valence-corrected chi connectivity index (χ1v) is 5.64. The van der Waals surface area contributed by atoms with Gasteiger partial charge < -0.3 is 10.0 Å². The maximum absolute atomic E-state index is 11.1. The molecule has 16 heavy (non-hydrogen) atoms. The zero-order valence-corrected chi connectivity index (χ0v) is 10.4. The van der Waals surface area contributed by atoms with E-state index in [0.717, 1.165) is 13.1 Å². The summed E-state index contributed by atoms with van der Waals surface area (Å²) in [5, 5.41) is 9.16. The number of rotatable bonds is 3. The van der Waals surface area contributed by atoms with Crippen LogP contribution in [0.1, 0.15) is 13.8 Å². The molecule has 1 fully saturated rings. The largest absolute Gasteiger partial charge is 0.481 e. The standard InChI is InChI=1S/C12H22N2O2/c1-5-6-14-8-10(11(15)16)7-13(4)9-12(14,2)3/h5,10H,1,6-9H2,2-4H3,(H,15,16). The quantitative estimate of drug-likeness (QED) is 0.726. The molecule has 0 aromatic heterocycles. The van der Waals surface area contributed by atoms with Gasteiger partial charge in [0.15, 0.2) is 0 Å². The summed E-state index contributed by atoms with van der Waals surface area (Å²) in [6.45, 7) is 10.9. The summed E-state index contributed by atoms with van der Waals surface area (Å²) in [4.78, 5) is 15.4. The topological polar surface area (TPSA) is 43.8 Å². The maximum Gasteiger partial charge on any atom is 0.309 e. The van der Waals surface area contributed by atoms with Crippen LogP contribution in [0.5, 0.6) is 0 Å². The Morgan fingerprint density at radius 1 is 1.56 bits per heavy atom. The summed E-state index contributed by atoms with van der Waals surface area (Å²) in [6, 6.07) is 0. The summed E-state index contributed by atoms with van der Waals surface area (Å²) < 4.78 is 0. The summed E-state index contributed by atoms with van der Waals surface area (Å²) in [7, 11) is 1.98. The predicted molar refractivity (Wildman–Crippen MR) is 64.5 cm³/mol. The van der Waals surface area contributed by atoms with Crippen molar-refractivity contribution in [3.63, 3.8) is 0 Å². The van der Waals surface area contributed by atoms with E-state index in [0.29, 0.717) is 13.1 Å². The van der Waals surface area contributed by atoms with Gasteiger partial charge in [-0.05, 0) is 20.9 Å². The van der Waals surface area contributed by atoms with Crippen molar-refractivity contribution < 1.29 is 9.90 Å². The van der Waals surface area contributed by atoms with E-state index in [2.05, 4.69) is 30.2 Å². The minimum absolute atomic E-state index is 0.00681. The molecular formula is C12H22N2O2. The fourth-order valence-electron chi connectivity index (χ4n) is 2.41. The number of carbonyl (C=O) groups is 1. The highest BCUT2D eigenvalue weighted by atomic mass is 16.4. The molecule has 0 bridgehead atoms. The van der Waals surface area contributed by atoms with Crippen LogP contribution >= 0.6 is 0 Å². The van der Waals surface area contributed by atoms with Crippen LogP contribution in [0, 0.1) is 5.92 Å². The van der Waals surface area contributed by atoms with E-state index in [1.165, 1.54) is 0 Å². The molecule has 1 N–H and O–H groups in total. The Bertz CT molecular complexity index is 276. The number of nitrogens with zero attached hydrogens (tertiary/aromatic N) is 2. The highest BCUT2D eigenvalue weighted by Gasteiger charge is 2.35. The molecule has 1 atom stereocenters. The number of carboxylic acids is 1. The van der Waals surface area contributed by atoms with Crippen molar-refractivity contribution >= 4 is 5.97 Å². The first-order chi connectivity index (χ1) is 7.36. The van der Waals surface area contributed by atoms with E-state index in [-0.39, 0.29) is 11.5 Å². The normalized spacial score (nSPS) is 27.3. The molecule has 4 nitrogen and oxygen atoms in total. The van der Waals surface area contributed by atoms with Crippen molar-refractivity contribution in [3.8, 4) is 0 Å². The van der Waals surface area contributed by atoms with Gasteiger partial charge in [-0.25, -0.2) is 0 Å². The number of likely N-dealkylation sites (N-methyl/N-ethyl adjacent to an activating group) is 1. The number of hydrogen-bond donors (Lipinski definition) is 1. The molecule has 0 amide bonds. The van der Waals surface area contributed by atoms with Gasteiger partial charge in [0.25, 0.3) is 0 Å². The van der Waals surface area contributed by atoms with Crippen LogP contribution in [0.3, 0.4) is 0 Å². The molecule has 1 saturated heterocycles. The second-order valence-corrected chi connectivity index (χ2v) is 5.24. The van der Waals surface area contributed by atoms with E-state index < -0.39 is 5.97 Å². The van der Waals surface area contributed by atoms with Crippen LogP contribution in [-0.4, -0.2) is 59.6 Å². The van der Waals surface area contributed by atoms with Crippen molar-refractivity contribution in [1.82, 2.24) is 9.80 Å². The molecule has 0 aliphatic carbocycles. The molecular weight excluding hydrogens is 204 g/mol. The highest BCUT2D eigenvalue weighted by molar-refractivity contribution is 5.70. The minimum Gasteiger partial charge on any atom is -0.481 e. The predicted octanol–water partition coefficient (Wildman–Crippen LogP) is 0.899. The average Bonchev–Trinajstić information content (AvgIpc) is 2.24. The van der Waals surface area contributed by atoms with Gasteiger partial charge in [0.05, 0.1) is 5.92 Å². The molecule has 1 unspecified atom stereocenters. The van der Waals surface area contributed by atoms with Gasteiger partial charge in [-0.2, -0.15) is 0 Å². The van der Waals surface area contributed by atoms with Gasteiger partial charge >= 0.3 is 5.97 Å². The van der Waals surface area contributed by atoms with E-state index in [1.54, 1.807) is 0 Å². The Morgan fingerprint density at radius 2 is 2.19 bits per heavy atom. The van der Waals surface area contributed by atoms with Gasteiger partial charge in [0.1, 0.15) is 0 Å². The van der Waals surface area contributed by atoms with Crippen LogP contribution in [-0.2, 0) is 4.79 Å². The van der Waals surface area contributed by atoms with Crippen molar-refractivity contribution in [1.29, 1.82) is 0 Å². The van der Waals surface area contributed by atoms with Crippen molar-refractivity contribution in [2.45, 2.75) is 19.4 Å². The Kier molecular flexibility index (Phi) is 4.10. The van der Waals surface area contributed by atoms with Crippen molar-refractivity contribution in [2.24, 2.45) is 5.92 Å². The Morgan fingerprint density at radius 3 is 2.69 bits per heavy atom. The first kappa shape index (κ1) is 13.2. The minimum atomic E-state index is -0.710.